The Morgan fingerprint density at radius 3 is 2.44 bits per heavy atom. The molecule has 0 unspecified atom stereocenters. The molecule has 0 radical (unpaired) electrons. The number of rotatable bonds is 6. The number of nitrogens with two attached hydrogens (primary N) is 1. The van der Waals surface area contributed by atoms with Crippen LogP contribution in [0.1, 0.15) is 31.7 Å². The largest absolute Gasteiger partial charge is 0.396 e. The Balaban J connectivity index is 2.71. The topological polar surface area (TPSA) is 47.1 Å². The first-order chi connectivity index (χ1) is 7.60. The molecule has 0 atom stereocenters. The lowest BCUT2D eigenvalue weighted by molar-refractivity contribution is 0.378. The van der Waals surface area contributed by atoms with Gasteiger partial charge in [-0.15, -0.1) is 0 Å². The van der Waals surface area contributed by atoms with Crippen LogP contribution in [0, 0.1) is 0 Å². The van der Waals surface area contributed by atoms with Gasteiger partial charge < -0.3 is 10.6 Å². The number of hydrogen-bond acceptors (Lipinski definition) is 3. The van der Waals surface area contributed by atoms with E-state index in [9.17, 15) is 0 Å². The molecular weight excluding hydrogens is 200 g/mol. The van der Waals surface area contributed by atoms with Crippen molar-refractivity contribution in [1.82, 2.24) is 14.7 Å². The number of nitrogens with zero attached hydrogens (tertiary/aromatic N) is 3. The Hall–Kier alpha value is -1.03. The third kappa shape index (κ3) is 2.98. The summed E-state index contributed by atoms with van der Waals surface area (Å²) >= 11 is 0. The molecule has 1 aromatic heterocycles. The first-order valence-electron chi connectivity index (χ1n) is 6.08. The predicted molar refractivity (Wildman–Crippen MR) is 68.6 cm³/mol. The summed E-state index contributed by atoms with van der Waals surface area (Å²) < 4.78 is 2.08. The minimum absolute atomic E-state index is 0.898. The zero-order chi connectivity index (χ0) is 12.1. The average molecular weight is 224 g/mol. The summed E-state index contributed by atoms with van der Waals surface area (Å²) in [6, 6.07) is 0. The van der Waals surface area contributed by atoms with Crippen molar-refractivity contribution in [1.29, 1.82) is 0 Å². The van der Waals surface area contributed by atoms with Crippen molar-refractivity contribution in [3.63, 3.8) is 0 Å². The minimum Gasteiger partial charge on any atom is -0.396 e. The van der Waals surface area contributed by atoms with Crippen molar-refractivity contribution in [2.45, 2.75) is 39.7 Å². The van der Waals surface area contributed by atoms with Crippen LogP contribution < -0.4 is 5.73 Å². The molecular formula is C12H24N4. The molecule has 1 heterocycles. The lowest BCUT2D eigenvalue weighted by atomic mass is 10.2. The van der Waals surface area contributed by atoms with E-state index < -0.39 is 0 Å². The second-order valence-corrected chi connectivity index (χ2v) is 4.39. The molecule has 0 aliphatic carbocycles. The van der Waals surface area contributed by atoms with Gasteiger partial charge in [0.2, 0.25) is 0 Å². The highest BCUT2D eigenvalue weighted by Gasteiger charge is 2.11. The second kappa shape index (κ2) is 5.89. The molecule has 0 bridgehead atoms. The maximum Gasteiger partial charge on any atom is 0.0854 e. The number of nitrogen functional groups attached to an aromatic ring is 1. The van der Waals surface area contributed by atoms with Crippen molar-refractivity contribution in [3.8, 4) is 0 Å². The first kappa shape index (κ1) is 13.0. The van der Waals surface area contributed by atoms with E-state index in [1.54, 1.807) is 0 Å². The van der Waals surface area contributed by atoms with Crippen molar-refractivity contribution in [2.24, 2.45) is 0 Å². The molecule has 0 saturated carbocycles. The molecule has 1 rings (SSSR count). The second-order valence-electron chi connectivity index (χ2n) is 4.39. The zero-order valence-corrected chi connectivity index (χ0v) is 11.0. The van der Waals surface area contributed by atoms with E-state index in [-0.39, 0.29) is 0 Å². The van der Waals surface area contributed by atoms with Crippen LogP contribution in [0.2, 0.25) is 0 Å². The van der Waals surface area contributed by atoms with E-state index in [0.717, 1.165) is 43.7 Å². The molecule has 0 aromatic carbocycles. The van der Waals surface area contributed by atoms with Crippen LogP contribution in [0.15, 0.2) is 0 Å². The molecule has 0 fully saturated rings. The van der Waals surface area contributed by atoms with Gasteiger partial charge in [-0.1, -0.05) is 13.8 Å². The predicted octanol–water partition coefficient (Wildman–Crippen LogP) is 1.54. The van der Waals surface area contributed by atoms with Gasteiger partial charge in [0.25, 0.3) is 0 Å². The highest BCUT2D eigenvalue weighted by molar-refractivity contribution is 5.48. The molecule has 4 nitrogen and oxygen atoms in total. The van der Waals surface area contributed by atoms with Gasteiger partial charge in [-0.2, -0.15) is 5.10 Å². The molecule has 0 aliphatic heterocycles. The van der Waals surface area contributed by atoms with Crippen molar-refractivity contribution < 1.29 is 0 Å². The minimum atomic E-state index is 0.898. The maximum atomic E-state index is 6.06. The van der Waals surface area contributed by atoms with Crippen molar-refractivity contribution in [3.05, 3.63) is 11.4 Å². The maximum absolute atomic E-state index is 6.06. The molecule has 16 heavy (non-hydrogen) atoms. The highest BCUT2D eigenvalue weighted by Crippen LogP contribution is 2.18. The number of anilines is 1. The van der Waals surface area contributed by atoms with E-state index in [2.05, 4.69) is 42.6 Å². The van der Waals surface area contributed by atoms with E-state index in [0.29, 0.717) is 0 Å². The van der Waals surface area contributed by atoms with Crippen molar-refractivity contribution >= 4 is 5.69 Å². The number of aryl methyl sites for hydroxylation is 2. The van der Waals surface area contributed by atoms with Crippen LogP contribution in [0.3, 0.4) is 0 Å². The third-order valence-electron chi connectivity index (χ3n) is 2.82. The summed E-state index contributed by atoms with van der Waals surface area (Å²) in [5.74, 6) is 0. The van der Waals surface area contributed by atoms with Crippen LogP contribution in [0.25, 0.3) is 0 Å². The third-order valence-corrected chi connectivity index (χ3v) is 2.82. The van der Waals surface area contributed by atoms with Crippen LogP contribution in [0.5, 0.6) is 0 Å². The summed E-state index contributed by atoms with van der Waals surface area (Å²) in [6.07, 6.45) is 2.99. The average Bonchev–Trinajstić information content (AvgIpc) is 2.54. The van der Waals surface area contributed by atoms with Gasteiger partial charge in [-0.3, -0.25) is 4.68 Å². The summed E-state index contributed by atoms with van der Waals surface area (Å²) in [7, 11) is 4.19. The highest BCUT2D eigenvalue weighted by atomic mass is 15.3. The van der Waals surface area contributed by atoms with Gasteiger partial charge in [0, 0.05) is 6.54 Å². The molecule has 0 amide bonds. The summed E-state index contributed by atoms with van der Waals surface area (Å²) in [6.45, 7) is 6.29. The van der Waals surface area contributed by atoms with Crippen LogP contribution >= 0.6 is 0 Å². The molecule has 92 valence electrons. The smallest absolute Gasteiger partial charge is 0.0854 e. The van der Waals surface area contributed by atoms with E-state index in [4.69, 9.17) is 5.73 Å². The molecule has 0 spiro atoms. The Morgan fingerprint density at radius 2 is 1.94 bits per heavy atom. The van der Waals surface area contributed by atoms with Crippen LogP contribution in [-0.2, 0) is 19.4 Å². The summed E-state index contributed by atoms with van der Waals surface area (Å²) in [4.78, 5) is 2.19. The molecule has 1 aromatic rings. The summed E-state index contributed by atoms with van der Waals surface area (Å²) in [5, 5.41) is 4.57. The van der Waals surface area contributed by atoms with Gasteiger partial charge in [0.05, 0.1) is 17.1 Å². The quantitative estimate of drug-likeness (QED) is 0.797. The first-order valence-corrected chi connectivity index (χ1v) is 6.08. The Kier molecular flexibility index (Phi) is 4.80. The number of hydrogen-bond donors (Lipinski definition) is 1. The number of aromatic nitrogens is 2. The SMILES string of the molecule is CCc1nn(CCCN(C)C)c(CC)c1N. The van der Waals surface area contributed by atoms with E-state index in [1.165, 1.54) is 5.69 Å². The molecule has 4 heteroatoms. The lowest BCUT2D eigenvalue weighted by Crippen LogP contribution is -2.16. The Bertz CT molecular complexity index is 328. The van der Waals surface area contributed by atoms with Gasteiger partial charge in [0.1, 0.15) is 0 Å². The molecule has 2 N–H and O–H groups in total. The van der Waals surface area contributed by atoms with Gasteiger partial charge in [-0.25, -0.2) is 0 Å². The Labute approximate surface area is 98.4 Å². The lowest BCUT2D eigenvalue weighted by Gasteiger charge is -2.10. The fourth-order valence-corrected chi connectivity index (χ4v) is 1.92. The Morgan fingerprint density at radius 1 is 1.25 bits per heavy atom. The molecule has 0 aliphatic rings. The fraction of sp³-hybridized carbons (Fsp3) is 0.750. The zero-order valence-electron chi connectivity index (χ0n) is 11.0. The fourth-order valence-electron chi connectivity index (χ4n) is 1.92. The monoisotopic (exact) mass is 224 g/mol. The van der Waals surface area contributed by atoms with Gasteiger partial charge in [0.15, 0.2) is 0 Å². The summed E-state index contributed by atoms with van der Waals surface area (Å²) in [5.41, 5.74) is 9.19. The van der Waals surface area contributed by atoms with Crippen molar-refractivity contribution in [2.75, 3.05) is 26.4 Å². The van der Waals surface area contributed by atoms with E-state index in [1.807, 2.05) is 0 Å². The van der Waals surface area contributed by atoms with Gasteiger partial charge >= 0.3 is 0 Å². The standard InChI is InChI=1S/C12H24N4/c1-5-10-12(13)11(6-2)16(14-10)9-7-8-15(3)4/h5-9,13H2,1-4H3. The van der Waals surface area contributed by atoms with Crippen LogP contribution in [-0.4, -0.2) is 35.3 Å². The van der Waals surface area contributed by atoms with E-state index >= 15 is 0 Å². The van der Waals surface area contributed by atoms with Crippen LogP contribution in [0.4, 0.5) is 5.69 Å². The normalized spacial score (nSPS) is 11.3. The molecule has 0 saturated heterocycles. The van der Waals surface area contributed by atoms with Gasteiger partial charge in [-0.05, 0) is 39.9 Å².